The first-order valence-electron chi connectivity index (χ1n) is 8.96. The largest absolute Gasteiger partial charge is 0.468 e. The fourth-order valence-corrected chi connectivity index (χ4v) is 3.57. The minimum Gasteiger partial charge on any atom is -0.468 e. The lowest BCUT2D eigenvalue weighted by molar-refractivity contribution is 0.0165. The second kappa shape index (κ2) is 9.42. The van der Waals surface area contributed by atoms with Crippen LogP contribution in [0.3, 0.4) is 0 Å². The fourth-order valence-electron chi connectivity index (χ4n) is 3.57. The highest BCUT2D eigenvalue weighted by molar-refractivity contribution is 5.13. The van der Waals surface area contributed by atoms with Crippen molar-refractivity contribution in [3.05, 3.63) is 24.2 Å². The normalized spacial score (nSPS) is 28.5. The quantitative estimate of drug-likeness (QED) is 0.576. The molecule has 23 heavy (non-hydrogen) atoms. The van der Waals surface area contributed by atoms with E-state index in [0.717, 1.165) is 19.4 Å². The second-order valence-corrected chi connectivity index (χ2v) is 6.55. The lowest BCUT2D eigenvalue weighted by Crippen LogP contribution is -2.39. The zero-order chi connectivity index (χ0) is 16.7. The molecule has 0 amide bonds. The summed E-state index contributed by atoms with van der Waals surface area (Å²) in [7, 11) is 0. The summed E-state index contributed by atoms with van der Waals surface area (Å²) in [5.41, 5.74) is 0. The van der Waals surface area contributed by atoms with Gasteiger partial charge in [0, 0.05) is 0 Å². The number of rotatable bonds is 10. The molecule has 2 rings (SSSR count). The average molecular weight is 325 g/mol. The van der Waals surface area contributed by atoms with E-state index in [1.54, 1.807) is 12.3 Å². The van der Waals surface area contributed by atoms with Crippen LogP contribution in [0.25, 0.3) is 0 Å². The van der Waals surface area contributed by atoms with E-state index in [-0.39, 0.29) is 12.6 Å². The number of hydrogen-bond donors (Lipinski definition) is 3. The number of nitrogens with zero attached hydrogens (tertiary/aromatic N) is 1. The first kappa shape index (κ1) is 18.5. The molecule has 1 aromatic rings. The zero-order valence-electron chi connectivity index (χ0n) is 14.1. The maximum Gasteiger partial charge on any atom is 0.123 e. The number of aliphatic hydroxyl groups excluding tert-OH is 3. The summed E-state index contributed by atoms with van der Waals surface area (Å²) in [6.45, 7) is 2.80. The minimum absolute atomic E-state index is 0.161. The van der Waals surface area contributed by atoms with Gasteiger partial charge in [-0.1, -0.05) is 45.4 Å². The van der Waals surface area contributed by atoms with Crippen LogP contribution in [0.5, 0.6) is 0 Å². The molecule has 0 saturated carbocycles. The number of hydrogen-bond acceptors (Lipinski definition) is 5. The smallest absolute Gasteiger partial charge is 0.123 e. The third-order valence-corrected chi connectivity index (χ3v) is 4.89. The Balaban J connectivity index is 1.88. The summed E-state index contributed by atoms with van der Waals surface area (Å²) < 4.78 is 5.44. The lowest BCUT2D eigenvalue weighted by atomic mass is 10.1. The molecule has 5 heteroatoms. The Kier molecular flexibility index (Phi) is 7.56. The van der Waals surface area contributed by atoms with Crippen molar-refractivity contribution in [3.63, 3.8) is 0 Å². The summed E-state index contributed by atoms with van der Waals surface area (Å²) in [5, 5.41) is 30.1. The van der Waals surface area contributed by atoms with Gasteiger partial charge in [-0.05, 0) is 25.1 Å². The highest BCUT2D eigenvalue weighted by atomic mass is 16.4. The molecule has 2 heterocycles. The third-order valence-electron chi connectivity index (χ3n) is 4.89. The van der Waals surface area contributed by atoms with E-state index in [4.69, 9.17) is 4.42 Å². The highest BCUT2D eigenvalue weighted by Crippen LogP contribution is 2.37. The van der Waals surface area contributed by atoms with Crippen molar-refractivity contribution in [2.45, 2.75) is 76.2 Å². The fraction of sp³-hybridized carbons (Fsp3) is 0.778. The van der Waals surface area contributed by atoms with Crippen LogP contribution >= 0.6 is 0 Å². The van der Waals surface area contributed by atoms with Crippen molar-refractivity contribution in [1.29, 1.82) is 0 Å². The minimum atomic E-state index is -0.945. The van der Waals surface area contributed by atoms with Crippen LogP contribution in [0, 0.1) is 0 Å². The Morgan fingerprint density at radius 2 is 1.74 bits per heavy atom. The molecule has 3 N–H and O–H groups in total. The topological polar surface area (TPSA) is 77.1 Å². The van der Waals surface area contributed by atoms with Gasteiger partial charge in [0.2, 0.25) is 0 Å². The van der Waals surface area contributed by atoms with Crippen molar-refractivity contribution in [2.24, 2.45) is 0 Å². The van der Waals surface area contributed by atoms with Gasteiger partial charge >= 0.3 is 0 Å². The van der Waals surface area contributed by atoms with Crippen LogP contribution in [0.2, 0.25) is 0 Å². The summed E-state index contributed by atoms with van der Waals surface area (Å²) in [6, 6.07) is 2.79. The molecule has 1 aliphatic rings. The van der Waals surface area contributed by atoms with Crippen molar-refractivity contribution in [1.82, 2.24) is 4.90 Å². The molecule has 0 unspecified atom stereocenters. The predicted molar refractivity (Wildman–Crippen MR) is 89.0 cm³/mol. The Morgan fingerprint density at radius 1 is 1.04 bits per heavy atom. The van der Waals surface area contributed by atoms with Crippen LogP contribution < -0.4 is 0 Å². The molecule has 132 valence electrons. The average Bonchev–Trinajstić information content (AvgIpc) is 3.14. The molecular formula is C18H31NO4. The number of unbranched alkanes of at least 4 members (excludes halogenated alkanes) is 6. The summed E-state index contributed by atoms with van der Waals surface area (Å²) in [6.07, 6.45) is 8.18. The molecule has 1 fully saturated rings. The van der Waals surface area contributed by atoms with Gasteiger partial charge in [-0.3, -0.25) is 4.90 Å². The molecule has 0 bridgehead atoms. The van der Waals surface area contributed by atoms with Crippen LogP contribution in [-0.4, -0.2) is 51.6 Å². The van der Waals surface area contributed by atoms with E-state index in [0.29, 0.717) is 5.76 Å². The number of furan rings is 1. The van der Waals surface area contributed by atoms with E-state index in [2.05, 4.69) is 6.92 Å². The Morgan fingerprint density at radius 3 is 2.35 bits per heavy atom. The van der Waals surface area contributed by atoms with E-state index in [9.17, 15) is 15.3 Å². The molecule has 0 aromatic carbocycles. The van der Waals surface area contributed by atoms with Gasteiger partial charge in [0.05, 0.1) is 31.1 Å². The van der Waals surface area contributed by atoms with Crippen LogP contribution in [0.4, 0.5) is 0 Å². The standard InChI is InChI=1S/C18H31NO4/c1-2-3-4-5-6-7-8-11-19-14(13-20)17(21)18(22)16(19)15-10-9-12-23-15/h9-10,12,14,16-18,20-22H,2-8,11,13H2,1H3/t14-,16-,17-,18-/m0/s1. The van der Waals surface area contributed by atoms with E-state index in [1.165, 1.54) is 32.1 Å². The first-order valence-corrected chi connectivity index (χ1v) is 8.96. The molecule has 1 saturated heterocycles. The number of likely N-dealkylation sites (tertiary alicyclic amines) is 1. The Bertz CT molecular complexity index is 423. The van der Waals surface area contributed by atoms with Gasteiger partial charge in [-0.2, -0.15) is 0 Å². The van der Waals surface area contributed by atoms with Gasteiger partial charge in [0.1, 0.15) is 11.9 Å². The maximum atomic E-state index is 10.3. The molecular weight excluding hydrogens is 294 g/mol. The number of aliphatic hydroxyl groups is 3. The first-order chi connectivity index (χ1) is 11.2. The predicted octanol–water partition coefficient (Wildman–Crippen LogP) is 2.47. The maximum absolute atomic E-state index is 10.3. The molecule has 0 radical (unpaired) electrons. The summed E-state index contributed by atoms with van der Waals surface area (Å²) >= 11 is 0. The van der Waals surface area contributed by atoms with Gasteiger partial charge in [0.25, 0.3) is 0 Å². The van der Waals surface area contributed by atoms with Gasteiger partial charge in [0.15, 0.2) is 0 Å². The molecule has 4 atom stereocenters. The third kappa shape index (κ3) is 4.57. The Hall–Kier alpha value is -0.880. The Labute approximate surface area is 138 Å². The van der Waals surface area contributed by atoms with E-state index >= 15 is 0 Å². The monoisotopic (exact) mass is 325 g/mol. The lowest BCUT2D eigenvalue weighted by Gasteiger charge is -2.28. The van der Waals surface area contributed by atoms with Crippen LogP contribution in [-0.2, 0) is 0 Å². The van der Waals surface area contributed by atoms with Crippen LogP contribution in [0.1, 0.15) is 63.7 Å². The molecule has 0 spiro atoms. The SMILES string of the molecule is CCCCCCCCCN1[C@@H](CO)[C@H](O)[C@@H](O)[C@@H]1c1ccco1. The van der Waals surface area contributed by atoms with Gasteiger partial charge < -0.3 is 19.7 Å². The van der Waals surface area contributed by atoms with Crippen molar-refractivity contribution in [2.75, 3.05) is 13.2 Å². The summed E-state index contributed by atoms with van der Waals surface area (Å²) in [4.78, 5) is 2.00. The van der Waals surface area contributed by atoms with E-state index in [1.807, 2.05) is 11.0 Å². The van der Waals surface area contributed by atoms with Crippen molar-refractivity contribution in [3.8, 4) is 0 Å². The van der Waals surface area contributed by atoms with Crippen LogP contribution in [0.15, 0.2) is 22.8 Å². The highest BCUT2D eigenvalue weighted by Gasteiger charge is 2.48. The van der Waals surface area contributed by atoms with Gasteiger partial charge in [-0.25, -0.2) is 0 Å². The second-order valence-electron chi connectivity index (χ2n) is 6.55. The van der Waals surface area contributed by atoms with E-state index < -0.39 is 18.2 Å². The van der Waals surface area contributed by atoms with Gasteiger partial charge in [-0.15, -0.1) is 0 Å². The van der Waals surface area contributed by atoms with Crippen molar-refractivity contribution >= 4 is 0 Å². The van der Waals surface area contributed by atoms with Crippen molar-refractivity contribution < 1.29 is 19.7 Å². The molecule has 5 nitrogen and oxygen atoms in total. The molecule has 0 aliphatic carbocycles. The molecule has 1 aromatic heterocycles. The zero-order valence-corrected chi connectivity index (χ0v) is 14.1. The summed E-state index contributed by atoms with van der Waals surface area (Å²) in [5.74, 6) is 0.649. The molecule has 1 aliphatic heterocycles.